The summed E-state index contributed by atoms with van der Waals surface area (Å²) >= 11 is 1.52. The van der Waals surface area contributed by atoms with E-state index in [4.69, 9.17) is 4.74 Å². The normalized spacial score (nSPS) is 10.7. The Morgan fingerprint density at radius 1 is 1.12 bits per heavy atom. The van der Waals surface area contributed by atoms with Crippen LogP contribution < -0.4 is 5.32 Å². The summed E-state index contributed by atoms with van der Waals surface area (Å²) in [4.78, 5) is 29.0. The van der Waals surface area contributed by atoms with E-state index in [1.807, 2.05) is 48.7 Å². The largest absolute Gasteiger partial charge is 0.461 e. The van der Waals surface area contributed by atoms with Crippen molar-refractivity contribution in [2.75, 3.05) is 11.9 Å². The van der Waals surface area contributed by atoms with Crippen molar-refractivity contribution in [3.63, 3.8) is 0 Å². The van der Waals surface area contributed by atoms with Crippen molar-refractivity contribution in [3.8, 4) is 16.3 Å². The second kappa shape index (κ2) is 9.57. The lowest BCUT2D eigenvalue weighted by molar-refractivity contribution is -0.115. The van der Waals surface area contributed by atoms with Crippen LogP contribution in [0, 0.1) is 6.92 Å². The molecule has 0 atom stereocenters. The number of aromatic nitrogens is 3. The SMILES string of the molecule is CCOC(=O)c1ccn(-c2cccc(NC(=O)Cc3csc(-c4ccc(C)cc4)n3)c2)n1. The summed E-state index contributed by atoms with van der Waals surface area (Å²) in [5.74, 6) is -0.625. The molecule has 2 heterocycles. The average Bonchev–Trinajstić information content (AvgIpc) is 3.45. The molecule has 2 aromatic carbocycles. The fourth-order valence-electron chi connectivity index (χ4n) is 3.09. The van der Waals surface area contributed by atoms with Gasteiger partial charge in [0.15, 0.2) is 5.69 Å². The highest BCUT2D eigenvalue weighted by Gasteiger charge is 2.12. The molecule has 1 N–H and O–H groups in total. The van der Waals surface area contributed by atoms with Gasteiger partial charge in [-0.15, -0.1) is 11.3 Å². The van der Waals surface area contributed by atoms with Crippen molar-refractivity contribution in [2.45, 2.75) is 20.3 Å². The molecule has 0 saturated heterocycles. The van der Waals surface area contributed by atoms with Crippen LogP contribution in [0.2, 0.25) is 0 Å². The van der Waals surface area contributed by atoms with Crippen molar-refractivity contribution in [1.29, 1.82) is 0 Å². The number of benzene rings is 2. The number of carbonyl (C=O) groups excluding carboxylic acids is 2. The van der Waals surface area contributed by atoms with Crippen LogP contribution in [-0.4, -0.2) is 33.2 Å². The van der Waals surface area contributed by atoms with Gasteiger partial charge in [-0.1, -0.05) is 35.9 Å². The lowest BCUT2D eigenvalue weighted by Crippen LogP contribution is -2.14. The molecule has 4 rings (SSSR count). The molecule has 32 heavy (non-hydrogen) atoms. The minimum atomic E-state index is -0.469. The second-order valence-electron chi connectivity index (χ2n) is 7.15. The molecule has 0 radical (unpaired) electrons. The molecular weight excluding hydrogens is 424 g/mol. The molecule has 162 valence electrons. The van der Waals surface area contributed by atoms with Gasteiger partial charge in [0.1, 0.15) is 5.01 Å². The first-order chi connectivity index (χ1) is 15.5. The van der Waals surface area contributed by atoms with Gasteiger partial charge in [-0.05, 0) is 38.1 Å². The Kier molecular flexibility index (Phi) is 6.42. The van der Waals surface area contributed by atoms with Crippen LogP contribution in [0.15, 0.2) is 66.2 Å². The zero-order valence-corrected chi connectivity index (χ0v) is 18.6. The number of amides is 1. The molecular formula is C24H22N4O3S. The second-order valence-corrected chi connectivity index (χ2v) is 8.01. The summed E-state index contributed by atoms with van der Waals surface area (Å²) in [6.45, 7) is 4.08. The van der Waals surface area contributed by atoms with E-state index >= 15 is 0 Å². The number of aryl methyl sites for hydroxylation is 1. The Balaban J connectivity index is 1.41. The molecule has 1 amide bonds. The zero-order valence-electron chi connectivity index (χ0n) is 17.7. The zero-order chi connectivity index (χ0) is 22.5. The van der Waals surface area contributed by atoms with Crippen LogP contribution in [-0.2, 0) is 16.0 Å². The van der Waals surface area contributed by atoms with E-state index in [9.17, 15) is 9.59 Å². The average molecular weight is 447 g/mol. The third-order valence-electron chi connectivity index (χ3n) is 4.66. The van der Waals surface area contributed by atoms with Crippen molar-refractivity contribution < 1.29 is 14.3 Å². The summed E-state index contributed by atoms with van der Waals surface area (Å²) in [6, 6.07) is 17.0. The van der Waals surface area contributed by atoms with Gasteiger partial charge in [0.2, 0.25) is 5.91 Å². The van der Waals surface area contributed by atoms with E-state index in [0.29, 0.717) is 18.0 Å². The molecule has 8 heteroatoms. The fourth-order valence-corrected chi connectivity index (χ4v) is 3.92. The molecule has 7 nitrogen and oxygen atoms in total. The highest BCUT2D eigenvalue weighted by atomic mass is 32.1. The number of ether oxygens (including phenoxy) is 1. The van der Waals surface area contributed by atoms with Crippen LogP contribution in [0.5, 0.6) is 0 Å². The highest BCUT2D eigenvalue weighted by molar-refractivity contribution is 7.13. The van der Waals surface area contributed by atoms with Gasteiger partial charge >= 0.3 is 5.97 Å². The summed E-state index contributed by atoms with van der Waals surface area (Å²) in [6.07, 6.45) is 1.86. The van der Waals surface area contributed by atoms with Crippen LogP contribution in [0.4, 0.5) is 5.69 Å². The van der Waals surface area contributed by atoms with Gasteiger partial charge < -0.3 is 10.1 Å². The van der Waals surface area contributed by atoms with E-state index < -0.39 is 5.97 Å². The molecule has 0 saturated carbocycles. The number of rotatable bonds is 7. The Bertz CT molecular complexity index is 1240. The summed E-state index contributed by atoms with van der Waals surface area (Å²) < 4.78 is 6.53. The van der Waals surface area contributed by atoms with E-state index in [2.05, 4.69) is 15.4 Å². The van der Waals surface area contributed by atoms with E-state index in [-0.39, 0.29) is 18.0 Å². The number of thiazole rings is 1. The summed E-state index contributed by atoms with van der Waals surface area (Å²) in [7, 11) is 0. The van der Waals surface area contributed by atoms with E-state index in [0.717, 1.165) is 16.3 Å². The lowest BCUT2D eigenvalue weighted by atomic mass is 10.2. The maximum absolute atomic E-state index is 12.6. The summed E-state index contributed by atoms with van der Waals surface area (Å²) in [5, 5.41) is 9.95. The first-order valence-electron chi connectivity index (χ1n) is 10.2. The van der Waals surface area contributed by atoms with Gasteiger partial charge in [0.25, 0.3) is 0 Å². The summed E-state index contributed by atoms with van der Waals surface area (Å²) in [5.41, 5.74) is 4.55. The first kappa shape index (κ1) is 21.5. The Morgan fingerprint density at radius 3 is 2.72 bits per heavy atom. The smallest absolute Gasteiger partial charge is 0.358 e. The fraction of sp³-hybridized carbons (Fsp3) is 0.167. The molecule has 0 aliphatic heterocycles. The molecule has 0 aliphatic carbocycles. The van der Waals surface area contributed by atoms with Crippen molar-refractivity contribution in [2.24, 2.45) is 0 Å². The maximum Gasteiger partial charge on any atom is 0.358 e. The van der Waals surface area contributed by atoms with Gasteiger partial charge in [-0.3, -0.25) is 4.79 Å². The third kappa shape index (κ3) is 5.09. The molecule has 0 spiro atoms. The first-order valence-corrected chi connectivity index (χ1v) is 11.0. The molecule has 2 aromatic heterocycles. The van der Waals surface area contributed by atoms with Crippen LogP contribution in [0.3, 0.4) is 0 Å². The minimum Gasteiger partial charge on any atom is -0.461 e. The minimum absolute atomic E-state index is 0.157. The maximum atomic E-state index is 12.6. The van der Waals surface area contributed by atoms with E-state index in [1.54, 1.807) is 36.0 Å². The Hall–Kier alpha value is -3.78. The van der Waals surface area contributed by atoms with Gasteiger partial charge in [-0.25, -0.2) is 14.5 Å². The van der Waals surface area contributed by atoms with Crippen LogP contribution in [0.25, 0.3) is 16.3 Å². The molecule has 0 bridgehead atoms. The number of hydrogen-bond acceptors (Lipinski definition) is 6. The number of nitrogens with zero attached hydrogens (tertiary/aromatic N) is 3. The van der Waals surface area contributed by atoms with Crippen LogP contribution in [0.1, 0.15) is 28.7 Å². The quantitative estimate of drug-likeness (QED) is 0.417. The third-order valence-corrected chi connectivity index (χ3v) is 5.60. The van der Waals surface area contributed by atoms with Gasteiger partial charge in [-0.2, -0.15) is 5.10 Å². The number of carbonyl (C=O) groups is 2. The number of nitrogens with one attached hydrogen (secondary N) is 1. The van der Waals surface area contributed by atoms with Gasteiger partial charge in [0.05, 0.1) is 24.4 Å². The van der Waals surface area contributed by atoms with Crippen molar-refractivity contribution in [1.82, 2.24) is 14.8 Å². The Morgan fingerprint density at radius 2 is 1.94 bits per heavy atom. The molecule has 4 aromatic rings. The topological polar surface area (TPSA) is 86.1 Å². The number of hydrogen-bond donors (Lipinski definition) is 1. The monoisotopic (exact) mass is 446 g/mol. The van der Waals surface area contributed by atoms with Crippen LogP contribution >= 0.6 is 11.3 Å². The predicted octanol–water partition coefficient (Wildman–Crippen LogP) is 4.66. The standard InChI is InChI=1S/C24H22N4O3S/c1-3-31-24(30)21-11-12-28(27-21)20-6-4-5-18(13-20)25-22(29)14-19-15-32-23(26-19)17-9-7-16(2)8-10-17/h4-13,15H,3,14H2,1-2H3,(H,25,29). The number of anilines is 1. The van der Waals surface area contributed by atoms with E-state index in [1.165, 1.54) is 16.9 Å². The molecule has 0 aliphatic rings. The molecule has 0 unspecified atom stereocenters. The van der Waals surface area contributed by atoms with Crippen molar-refractivity contribution >= 4 is 28.9 Å². The molecule has 0 fully saturated rings. The number of esters is 1. The predicted molar refractivity (Wildman–Crippen MR) is 124 cm³/mol. The Labute approximate surface area is 189 Å². The highest BCUT2D eigenvalue weighted by Crippen LogP contribution is 2.24. The lowest BCUT2D eigenvalue weighted by Gasteiger charge is -2.07. The van der Waals surface area contributed by atoms with Crippen molar-refractivity contribution in [3.05, 3.63) is 83.1 Å². The van der Waals surface area contributed by atoms with Gasteiger partial charge in [0, 0.05) is 22.8 Å².